The number of aromatic nitrogens is 4. The summed E-state index contributed by atoms with van der Waals surface area (Å²) in [4.78, 5) is 67.6. The number of nitrogens with zero attached hydrogens (tertiary/aromatic N) is 4. The van der Waals surface area contributed by atoms with E-state index in [-0.39, 0.29) is 89.0 Å². The number of hydrogen-bond donors (Lipinski definition) is 7. The van der Waals surface area contributed by atoms with Crippen LogP contribution >= 0.6 is 6.72 Å². The number of anilines is 6. The fourth-order valence-electron chi connectivity index (χ4n) is 10.1. The molecule has 0 aliphatic carbocycles. The van der Waals surface area contributed by atoms with Crippen LogP contribution in [0.3, 0.4) is 0 Å². The first-order valence-corrected chi connectivity index (χ1v) is 32.4. The number of urea groups is 1. The third-order valence-corrected chi connectivity index (χ3v) is 16.4. The van der Waals surface area contributed by atoms with Gasteiger partial charge in [0.15, 0.2) is 11.6 Å². The van der Waals surface area contributed by atoms with Gasteiger partial charge in [0, 0.05) is 65.0 Å². The quantitative estimate of drug-likeness (QED) is 0.00896. The molecule has 27 heteroatoms. The largest absolute Gasteiger partial charge is 0.488 e. The molecule has 91 heavy (non-hydrogen) atoms. The third kappa shape index (κ3) is 18.7. The molecule has 0 radical (unpaired) electrons. The molecule has 5 amide bonds. The predicted octanol–water partition coefficient (Wildman–Crippen LogP) is 12.4. The number of carbonyl (C=O) groups is 4. The van der Waals surface area contributed by atoms with Crippen LogP contribution in [0, 0.1) is 12.7 Å². The number of carbonyl (C=O) groups excluding carboxylic acids is 4. The minimum atomic E-state index is -4.91. The molecule has 7 aromatic rings. The van der Waals surface area contributed by atoms with E-state index >= 15 is 4.39 Å². The van der Waals surface area contributed by atoms with Gasteiger partial charge < -0.3 is 69.4 Å². The van der Waals surface area contributed by atoms with Crippen LogP contribution in [-0.4, -0.2) is 115 Å². The van der Waals surface area contributed by atoms with Crippen molar-refractivity contribution in [1.29, 1.82) is 0 Å². The van der Waals surface area contributed by atoms with Crippen molar-refractivity contribution in [3.05, 3.63) is 149 Å². The number of hydrogen-bond acceptors (Lipinski definition) is 14. The number of para-hydroxylation sites is 1. The zero-order chi connectivity index (χ0) is 64.3. The molecule has 2 aromatic heterocycles. The highest BCUT2D eigenvalue weighted by atomic mass is 32.5. The van der Waals surface area contributed by atoms with E-state index in [4.69, 9.17) is 39.8 Å². The monoisotopic (exact) mass is 1290 g/mol. The smallest absolute Gasteiger partial charge is 0.416 e. The summed E-state index contributed by atoms with van der Waals surface area (Å²) >= 11 is 4.93. The van der Waals surface area contributed by atoms with Gasteiger partial charge in [0.1, 0.15) is 12.3 Å². The van der Waals surface area contributed by atoms with E-state index in [0.29, 0.717) is 78.1 Å². The van der Waals surface area contributed by atoms with Crippen molar-refractivity contribution in [1.82, 2.24) is 25.3 Å². The molecule has 1 unspecified atom stereocenters. The van der Waals surface area contributed by atoms with Gasteiger partial charge in [-0.15, -0.1) is 5.10 Å². The summed E-state index contributed by atoms with van der Waals surface area (Å²) in [5.41, 5.74) is 7.20. The molecule has 9 rings (SSSR count). The Bertz CT molecular complexity index is 3760. The number of H-pyrrole nitrogens is 1. The van der Waals surface area contributed by atoms with Gasteiger partial charge in [0.25, 0.3) is 5.91 Å². The van der Waals surface area contributed by atoms with Gasteiger partial charge in [-0.25, -0.2) is 13.9 Å². The molecular weight excluding hydrogens is 1220 g/mol. The Labute approximate surface area is 528 Å². The first-order chi connectivity index (χ1) is 43.9. The van der Waals surface area contributed by atoms with Crippen molar-refractivity contribution in [3.8, 4) is 28.3 Å². The molecule has 2 aliphatic heterocycles. The first kappa shape index (κ1) is 67.1. The van der Waals surface area contributed by atoms with E-state index in [1.54, 1.807) is 65.2 Å². The maximum absolute atomic E-state index is 15.7. The third-order valence-electron chi connectivity index (χ3n) is 14.6. The fraction of sp³-hybridized carbons (Fsp3) is 0.344. The molecular formula is C64H71F4N10O11PS. The number of alkyl halides is 3. The number of fused-ring (bicyclic) bond motifs is 6. The van der Waals surface area contributed by atoms with Gasteiger partial charge in [0.05, 0.1) is 99.8 Å². The van der Waals surface area contributed by atoms with Crippen LogP contribution in [0.4, 0.5) is 56.5 Å². The van der Waals surface area contributed by atoms with Gasteiger partial charge in [-0.3, -0.25) is 14.4 Å². The number of nitrogens with one attached hydrogen (secondary N) is 6. The molecule has 5 aromatic carbocycles. The lowest BCUT2D eigenvalue weighted by molar-refractivity contribution is -0.137. The minimum Gasteiger partial charge on any atom is -0.488 e. The number of amides is 5. The molecule has 0 bridgehead atoms. The molecule has 0 saturated heterocycles. The Hall–Kier alpha value is -8.33. The average molecular weight is 1300 g/mol. The SMILES string of the molecule is CCOP(O)(=S)OCCCCCCCNC(=O)CCC(=O)N1Cc2ccccc2-c2nnn(CCOCCOCCOCCOc3cc(C(F)(F)F)cc(NC(=O)Nc4ccc(C)c(Nc5ccc6c(c5)NC(=O)/C6=C\c5ccc[nH]5)c4)c3F)c2-c2ccccc21. The van der Waals surface area contributed by atoms with Crippen molar-refractivity contribution in [2.75, 3.05) is 92.2 Å². The Kier molecular flexibility index (Phi) is 23.7. The summed E-state index contributed by atoms with van der Waals surface area (Å²) in [6.07, 6.45) is 2.85. The Morgan fingerprint density at radius 2 is 1.49 bits per heavy atom. The van der Waals surface area contributed by atoms with E-state index in [2.05, 4.69) is 41.9 Å². The highest BCUT2D eigenvalue weighted by molar-refractivity contribution is 8.07. The van der Waals surface area contributed by atoms with Crippen LogP contribution in [0.1, 0.15) is 79.8 Å². The number of benzene rings is 5. The summed E-state index contributed by atoms with van der Waals surface area (Å²) in [7, 11) is 0. The lowest BCUT2D eigenvalue weighted by Crippen LogP contribution is -2.33. The molecule has 2 aliphatic rings. The molecule has 4 heterocycles. The van der Waals surface area contributed by atoms with Crippen LogP contribution in [0.25, 0.3) is 34.2 Å². The number of aryl methyl sites for hydroxylation is 1. The minimum absolute atomic E-state index is 0.00524. The van der Waals surface area contributed by atoms with Crippen LogP contribution in [0.5, 0.6) is 5.75 Å². The molecule has 21 nitrogen and oxygen atoms in total. The standard InChI is InChI=1S/C64H71F4N10O11PS/c1-3-88-90(83,91)89-28-12-6-4-5-11-25-70-57(79)23-24-58(80)77-41-43-14-7-8-16-48(43)60-61(50-17-9-10-18-55(50)77)78(76-75-60)27-29-84-30-31-85-32-33-86-34-35-87-56-37-44(64(66,67)68)36-54(59(56)65)74-63(82)72-47-20-19-42(2)52(39-47)71-46-21-22-49-51(38-45-15-13-26-69-45)62(81)73-53(49)40-46/h7-10,13-22,26,36-40,69,71H,3-6,11-12,23-25,27-35,41H2,1-2H3,(H,70,79)(H,73,81)(H,83,91)(H2,72,74,82)/b51-38-. The second-order valence-corrected chi connectivity index (χ2v) is 24.0. The van der Waals surface area contributed by atoms with E-state index < -0.39 is 41.7 Å². The zero-order valence-electron chi connectivity index (χ0n) is 50.2. The lowest BCUT2D eigenvalue weighted by atomic mass is 9.95. The maximum Gasteiger partial charge on any atom is 0.416 e. The Morgan fingerprint density at radius 3 is 2.26 bits per heavy atom. The van der Waals surface area contributed by atoms with Crippen LogP contribution in [0.2, 0.25) is 0 Å². The number of halogens is 4. The van der Waals surface area contributed by atoms with E-state index in [9.17, 15) is 37.2 Å². The molecule has 0 spiro atoms. The lowest BCUT2D eigenvalue weighted by Gasteiger charge is -2.28. The number of unbranched alkanes of at least 4 members (excludes halogenated alkanes) is 4. The van der Waals surface area contributed by atoms with Crippen molar-refractivity contribution in [3.63, 3.8) is 0 Å². The van der Waals surface area contributed by atoms with E-state index in [1.807, 2.05) is 67.6 Å². The van der Waals surface area contributed by atoms with Gasteiger partial charge in [-0.1, -0.05) is 79.1 Å². The van der Waals surface area contributed by atoms with Gasteiger partial charge in [0.2, 0.25) is 11.8 Å². The second kappa shape index (κ2) is 32.1. The van der Waals surface area contributed by atoms with Crippen molar-refractivity contribution >= 4 is 88.1 Å². The predicted molar refractivity (Wildman–Crippen MR) is 342 cm³/mol. The van der Waals surface area contributed by atoms with Gasteiger partial charge in [-0.2, -0.15) is 13.2 Å². The van der Waals surface area contributed by atoms with Crippen molar-refractivity contribution < 1.29 is 69.6 Å². The van der Waals surface area contributed by atoms with Crippen molar-refractivity contribution in [2.24, 2.45) is 0 Å². The van der Waals surface area contributed by atoms with Crippen LogP contribution in [-0.2, 0) is 68.7 Å². The maximum atomic E-state index is 15.7. The van der Waals surface area contributed by atoms with Crippen molar-refractivity contribution in [2.45, 2.75) is 78.1 Å². The summed E-state index contributed by atoms with van der Waals surface area (Å²) in [5.74, 6) is -2.65. The summed E-state index contributed by atoms with van der Waals surface area (Å²) in [5, 5.41) is 22.9. The molecule has 7 N–H and O–H groups in total. The Morgan fingerprint density at radius 1 is 0.769 bits per heavy atom. The van der Waals surface area contributed by atoms with E-state index in [1.165, 1.54) is 0 Å². The average Bonchev–Trinajstić information content (AvgIpc) is 1.76. The normalized spacial score (nSPS) is 13.7. The first-order valence-electron chi connectivity index (χ1n) is 29.8. The number of aromatic amines is 1. The summed E-state index contributed by atoms with van der Waals surface area (Å²) < 4.78 is 92.5. The number of rotatable bonds is 32. The zero-order valence-corrected chi connectivity index (χ0v) is 51.9. The second-order valence-electron chi connectivity index (χ2n) is 21.2. The summed E-state index contributed by atoms with van der Waals surface area (Å²) in [6, 6.07) is 29.1. The van der Waals surface area contributed by atoms with Gasteiger partial charge in [-0.05, 0) is 110 Å². The highest BCUT2D eigenvalue weighted by Gasteiger charge is 2.34. The number of ether oxygens (including phenoxy) is 4. The topological polar surface area (TPSA) is 254 Å². The fourth-order valence-corrected chi connectivity index (χ4v) is 11.4. The molecule has 1 atom stereocenters. The van der Waals surface area contributed by atoms with Gasteiger partial charge >= 0.3 is 18.9 Å². The molecule has 482 valence electrons. The molecule has 0 saturated carbocycles. The molecule has 0 fully saturated rings. The van der Waals surface area contributed by atoms with Crippen LogP contribution < -0.4 is 36.2 Å². The van der Waals surface area contributed by atoms with E-state index in [0.717, 1.165) is 65.6 Å². The highest BCUT2D eigenvalue weighted by Crippen LogP contribution is 2.44. The Balaban J connectivity index is 0.692. The summed E-state index contributed by atoms with van der Waals surface area (Å²) in [6.45, 7) is 2.48. The van der Waals surface area contributed by atoms with Crippen LogP contribution in [0.15, 0.2) is 115 Å².